The van der Waals surface area contributed by atoms with Gasteiger partial charge in [-0.3, -0.25) is 0 Å². The van der Waals surface area contributed by atoms with Crippen molar-refractivity contribution in [2.24, 2.45) is 0 Å². The van der Waals surface area contributed by atoms with Gasteiger partial charge < -0.3 is 4.90 Å². The highest BCUT2D eigenvalue weighted by atomic mass is 15.1. The normalized spacial score (nSPS) is 12.0. The fraction of sp³-hybridized carbons (Fsp3) is 0.419. The van der Waals surface area contributed by atoms with Crippen LogP contribution in [0.4, 0.5) is 11.4 Å². The highest BCUT2D eigenvalue weighted by Crippen LogP contribution is 2.50. The molecule has 1 nitrogen and oxygen atoms in total. The standard InChI is InChI=1S/C25H27N.3C2H6/c1-6-26(23-14-10-7-11-17(23)2)24-16-22-20(15-18(24)3)19-12-8-9-13-21(19)25(22,4)5;3*1-2/h7-16H,6H2,1-5H3;3*1-2H3. The van der Waals surface area contributed by atoms with Crippen molar-refractivity contribution in [2.75, 3.05) is 11.4 Å². The van der Waals surface area contributed by atoms with Crippen molar-refractivity contribution in [3.8, 4) is 11.1 Å². The average Bonchev–Trinajstić information content (AvgIpc) is 3.06. The van der Waals surface area contributed by atoms with E-state index in [-0.39, 0.29) is 5.41 Å². The van der Waals surface area contributed by atoms with Gasteiger partial charge >= 0.3 is 0 Å². The topological polar surface area (TPSA) is 3.24 Å². The van der Waals surface area contributed by atoms with Gasteiger partial charge in [-0.2, -0.15) is 0 Å². The number of aryl methyl sites for hydroxylation is 2. The molecule has 0 unspecified atom stereocenters. The Morgan fingerprint density at radius 2 is 1.19 bits per heavy atom. The zero-order chi connectivity index (χ0) is 24.5. The fourth-order valence-corrected chi connectivity index (χ4v) is 4.47. The molecule has 1 heteroatoms. The van der Waals surface area contributed by atoms with Gasteiger partial charge in [0.15, 0.2) is 0 Å². The van der Waals surface area contributed by atoms with Gasteiger partial charge in [0.1, 0.15) is 0 Å². The molecule has 174 valence electrons. The van der Waals surface area contributed by atoms with Crippen molar-refractivity contribution in [3.63, 3.8) is 0 Å². The Kier molecular flexibility index (Phi) is 10.7. The lowest BCUT2D eigenvalue weighted by Crippen LogP contribution is -2.20. The molecule has 1 aliphatic rings. The molecule has 0 atom stereocenters. The van der Waals surface area contributed by atoms with E-state index in [0.717, 1.165) is 6.54 Å². The zero-order valence-electron chi connectivity index (χ0n) is 22.4. The van der Waals surface area contributed by atoms with Crippen LogP contribution in [0.1, 0.15) is 84.6 Å². The van der Waals surface area contributed by atoms with Crippen LogP contribution in [-0.2, 0) is 5.41 Å². The molecule has 0 radical (unpaired) electrons. The van der Waals surface area contributed by atoms with Crippen LogP contribution in [0.15, 0.2) is 60.7 Å². The summed E-state index contributed by atoms with van der Waals surface area (Å²) >= 11 is 0. The minimum absolute atomic E-state index is 0.0412. The van der Waals surface area contributed by atoms with E-state index in [1.54, 1.807) is 0 Å². The van der Waals surface area contributed by atoms with Crippen LogP contribution in [0.25, 0.3) is 11.1 Å². The Bertz CT molecular complexity index is 981. The Morgan fingerprint density at radius 3 is 1.78 bits per heavy atom. The molecule has 1 aliphatic carbocycles. The average molecular weight is 432 g/mol. The van der Waals surface area contributed by atoms with Crippen molar-refractivity contribution >= 4 is 11.4 Å². The molecule has 3 aromatic carbocycles. The predicted molar refractivity (Wildman–Crippen MR) is 147 cm³/mol. The molecule has 32 heavy (non-hydrogen) atoms. The van der Waals surface area contributed by atoms with E-state index in [1.165, 1.54) is 44.8 Å². The molecule has 0 saturated heterocycles. The number of para-hydroxylation sites is 1. The number of nitrogens with zero attached hydrogens (tertiary/aromatic N) is 1. The van der Waals surface area contributed by atoms with E-state index < -0.39 is 0 Å². The van der Waals surface area contributed by atoms with Crippen molar-refractivity contribution in [1.29, 1.82) is 0 Å². The van der Waals surface area contributed by atoms with Crippen molar-refractivity contribution in [2.45, 2.75) is 81.6 Å². The Hall–Kier alpha value is -2.54. The molecular weight excluding hydrogens is 386 g/mol. The summed E-state index contributed by atoms with van der Waals surface area (Å²) < 4.78 is 0. The summed E-state index contributed by atoms with van der Waals surface area (Å²) in [5.74, 6) is 0. The van der Waals surface area contributed by atoms with Crippen LogP contribution in [0.5, 0.6) is 0 Å². The number of benzene rings is 3. The number of hydrogen-bond acceptors (Lipinski definition) is 1. The lowest BCUT2D eigenvalue weighted by Gasteiger charge is -2.29. The molecule has 0 amide bonds. The summed E-state index contributed by atoms with van der Waals surface area (Å²) in [4.78, 5) is 2.45. The summed E-state index contributed by atoms with van der Waals surface area (Å²) in [7, 11) is 0. The molecule has 0 aliphatic heterocycles. The summed E-state index contributed by atoms with van der Waals surface area (Å²) in [5, 5.41) is 0. The number of fused-ring (bicyclic) bond motifs is 3. The number of anilines is 2. The van der Waals surface area contributed by atoms with Gasteiger partial charge in [-0.25, -0.2) is 0 Å². The van der Waals surface area contributed by atoms with E-state index in [4.69, 9.17) is 0 Å². The Labute approximate surface area is 198 Å². The summed E-state index contributed by atoms with van der Waals surface area (Å²) in [5.41, 5.74) is 11.0. The summed E-state index contributed by atoms with van der Waals surface area (Å²) in [6, 6.07) is 22.3. The fourth-order valence-electron chi connectivity index (χ4n) is 4.47. The predicted octanol–water partition coefficient (Wildman–Crippen LogP) is 9.85. The van der Waals surface area contributed by atoms with E-state index in [9.17, 15) is 0 Å². The van der Waals surface area contributed by atoms with Crippen molar-refractivity contribution < 1.29 is 0 Å². The SMILES string of the molecule is CC.CC.CC.CCN(c1ccccc1C)c1cc2c(cc1C)-c1ccccc1C2(C)C. The van der Waals surface area contributed by atoms with E-state index in [0.29, 0.717) is 0 Å². The van der Waals surface area contributed by atoms with E-state index in [1.807, 2.05) is 41.5 Å². The largest absolute Gasteiger partial charge is 0.341 e. The maximum Gasteiger partial charge on any atom is 0.0443 e. The highest BCUT2D eigenvalue weighted by Gasteiger charge is 2.36. The van der Waals surface area contributed by atoms with Gasteiger partial charge in [0, 0.05) is 23.3 Å². The van der Waals surface area contributed by atoms with Gasteiger partial charge in [0.2, 0.25) is 0 Å². The molecule has 0 aromatic heterocycles. The lowest BCUT2D eigenvalue weighted by molar-refractivity contribution is 0.660. The molecule has 0 bridgehead atoms. The first-order valence-electron chi connectivity index (χ1n) is 12.5. The first kappa shape index (κ1) is 27.5. The van der Waals surface area contributed by atoms with Crippen molar-refractivity contribution in [1.82, 2.24) is 0 Å². The van der Waals surface area contributed by atoms with Crippen LogP contribution < -0.4 is 4.90 Å². The molecule has 0 heterocycles. The van der Waals surface area contributed by atoms with Gasteiger partial charge in [-0.05, 0) is 72.4 Å². The smallest absolute Gasteiger partial charge is 0.0443 e. The van der Waals surface area contributed by atoms with Crippen LogP contribution in [0, 0.1) is 13.8 Å². The van der Waals surface area contributed by atoms with Gasteiger partial charge in [-0.1, -0.05) is 97.9 Å². The summed E-state index contributed by atoms with van der Waals surface area (Å²) in [6.45, 7) is 24.3. The number of hydrogen-bond donors (Lipinski definition) is 0. The quantitative estimate of drug-likeness (QED) is 0.399. The molecular formula is C31H45N. The van der Waals surface area contributed by atoms with Gasteiger partial charge in [0.05, 0.1) is 0 Å². The first-order chi connectivity index (χ1) is 15.4. The molecule has 0 saturated carbocycles. The maximum absolute atomic E-state index is 2.45. The molecule has 3 aromatic rings. The van der Waals surface area contributed by atoms with Crippen LogP contribution in [-0.4, -0.2) is 6.54 Å². The maximum atomic E-state index is 2.45. The summed E-state index contributed by atoms with van der Waals surface area (Å²) in [6.07, 6.45) is 0. The third-order valence-corrected chi connectivity index (χ3v) is 5.91. The zero-order valence-corrected chi connectivity index (χ0v) is 22.4. The highest BCUT2D eigenvalue weighted by molar-refractivity contribution is 5.84. The first-order valence-corrected chi connectivity index (χ1v) is 12.5. The minimum Gasteiger partial charge on any atom is -0.341 e. The van der Waals surface area contributed by atoms with Crippen LogP contribution >= 0.6 is 0 Å². The van der Waals surface area contributed by atoms with Gasteiger partial charge in [0.25, 0.3) is 0 Å². The second-order valence-corrected chi connectivity index (χ2v) is 7.89. The number of rotatable bonds is 3. The van der Waals surface area contributed by atoms with E-state index in [2.05, 4.69) is 100 Å². The molecule has 4 rings (SSSR count). The molecule has 0 fully saturated rings. The Balaban J connectivity index is 0.000000789. The second-order valence-electron chi connectivity index (χ2n) is 7.89. The van der Waals surface area contributed by atoms with Crippen LogP contribution in [0.3, 0.4) is 0 Å². The molecule has 0 N–H and O–H groups in total. The third kappa shape index (κ3) is 5.09. The van der Waals surface area contributed by atoms with Crippen molar-refractivity contribution in [3.05, 3.63) is 82.9 Å². The molecule has 0 spiro atoms. The van der Waals surface area contributed by atoms with Gasteiger partial charge in [-0.15, -0.1) is 0 Å². The Morgan fingerprint density at radius 1 is 0.625 bits per heavy atom. The lowest BCUT2D eigenvalue weighted by atomic mass is 9.82. The minimum atomic E-state index is 0.0412. The van der Waals surface area contributed by atoms with Crippen LogP contribution in [0.2, 0.25) is 0 Å². The van der Waals surface area contributed by atoms with E-state index >= 15 is 0 Å². The monoisotopic (exact) mass is 431 g/mol. The second kappa shape index (κ2) is 12.5. The third-order valence-electron chi connectivity index (χ3n) is 5.91.